The first-order valence-electron chi connectivity index (χ1n) is 7.11. The molecule has 0 aliphatic rings. The van der Waals surface area contributed by atoms with Crippen LogP contribution in [0.5, 0.6) is 0 Å². The Hall–Kier alpha value is -2.75. The summed E-state index contributed by atoms with van der Waals surface area (Å²) in [6, 6.07) is 12.5. The average Bonchev–Trinajstić information content (AvgIpc) is 2.73. The second-order valence-electron chi connectivity index (χ2n) is 4.40. The number of aromatic nitrogens is 1. The predicted octanol–water partition coefficient (Wildman–Crippen LogP) is 3.56. The Bertz CT molecular complexity index is 888. The predicted molar refractivity (Wildman–Crippen MR) is 88.2 cm³/mol. The molecule has 3 aromatic rings. The van der Waals surface area contributed by atoms with Gasteiger partial charge in [0.25, 0.3) is 0 Å². The summed E-state index contributed by atoms with van der Waals surface area (Å²) in [7, 11) is 1.30. The van der Waals surface area contributed by atoms with Crippen LogP contribution in [-0.2, 0) is 4.74 Å². The van der Waals surface area contributed by atoms with E-state index in [9.17, 15) is 9.59 Å². The molecule has 0 unspecified atom stereocenters. The quantitative estimate of drug-likeness (QED) is 0.644. The van der Waals surface area contributed by atoms with Gasteiger partial charge < -0.3 is 4.74 Å². The molecule has 0 saturated heterocycles. The van der Waals surface area contributed by atoms with Gasteiger partial charge in [0.05, 0.1) is 18.2 Å². The van der Waals surface area contributed by atoms with Crippen LogP contribution in [0.4, 0.5) is 0 Å². The van der Waals surface area contributed by atoms with E-state index in [2.05, 4.69) is 9.72 Å². The largest absolute Gasteiger partial charge is 0.465 e. The van der Waals surface area contributed by atoms with Crippen molar-refractivity contribution in [3.05, 3.63) is 64.4 Å². The van der Waals surface area contributed by atoms with Gasteiger partial charge in [-0.3, -0.25) is 9.78 Å². The van der Waals surface area contributed by atoms with E-state index in [4.69, 9.17) is 0 Å². The van der Waals surface area contributed by atoms with Crippen molar-refractivity contribution >= 4 is 27.6 Å². The third-order valence-electron chi connectivity index (χ3n) is 3.21. The molecule has 0 bridgehead atoms. The zero-order chi connectivity index (χ0) is 16.1. The van der Waals surface area contributed by atoms with Gasteiger partial charge in [-0.1, -0.05) is 44.2 Å². The molecule has 1 heterocycles. The number of ether oxygens (including phenoxy) is 1. The Labute approximate surface area is 128 Å². The Balaban J connectivity index is 0.000000847. The van der Waals surface area contributed by atoms with E-state index in [1.165, 1.54) is 19.4 Å². The third kappa shape index (κ3) is 2.81. The highest BCUT2D eigenvalue weighted by Crippen LogP contribution is 2.15. The first kappa shape index (κ1) is 15.6. The van der Waals surface area contributed by atoms with E-state index in [0.717, 1.165) is 5.39 Å². The number of methoxy groups -OCH3 is 1. The molecule has 0 spiro atoms. The number of hydrogen-bond donors (Lipinski definition) is 0. The van der Waals surface area contributed by atoms with Crippen LogP contribution in [0.3, 0.4) is 0 Å². The van der Waals surface area contributed by atoms with E-state index in [1.54, 1.807) is 12.1 Å². The molecule has 112 valence electrons. The molecule has 3 rings (SSSR count). The lowest BCUT2D eigenvalue weighted by Gasteiger charge is -1.98. The number of fused-ring (bicyclic) bond motifs is 2. The van der Waals surface area contributed by atoms with Gasteiger partial charge in [-0.05, 0) is 17.5 Å². The van der Waals surface area contributed by atoms with Crippen molar-refractivity contribution in [3.8, 4) is 0 Å². The minimum Gasteiger partial charge on any atom is -0.465 e. The minimum atomic E-state index is -0.505. The maximum Gasteiger partial charge on any atom is 0.339 e. The second kappa shape index (κ2) is 6.80. The number of nitrogens with zero attached hydrogens (tertiary/aromatic N) is 1. The maximum absolute atomic E-state index is 12.6. The number of pyridine rings is 1. The number of rotatable bonds is 1. The summed E-state index contributed by atoms with van der Waals surface area (Å²) < 4.78 is 4.65. The molecule has 4 nitrogen and oxygen atoms in total. The molecule has 0 aliphatic carbocycles. The minimum absolute atomic E-state index is 0.140. The van der Waals surface area contributed by atoms with Gasteiger partial charge >= 0.3 is 5.97 Å². The monoisotopic (exact) mass is 295 g/mol. The Morgan fingerprint density at radius 3 is 2.50 bits per heavy atom. The highest BCUT2D eigenvalue weighted by molar-refractivity contribution is 5.96. The van der Waals surface area contributed by atoms with Crippen LogP contribution in [0.25, 0.3) is 21.7 Å². The van der Waals surface area contributed by atoms with Gasteiger partial charge in [-0.15, -0.1) is 0 Å². The number of esters is 1. The zero-order valence-electron chi connectivity index (χ0n) is 12.8. The first-order chi connectivity index (χ1) is 10.7. The molecular formula is C18H17NO3. The third-order valence-corrected chi connectivity index (χ3v) is 3.21. The average molecular weight is 295 g/mol. The lowest BCUT2D eigenvalue weighted by molar-refractivity contribution is 0.0600. The van der Waals surface area contributed by atoms with E-state index in [1.807, 2.05) is 38.1 Å². The van der Waals surface area contributed by atoms with Crippen molar-refractivity contribution in [2.45, 2.75) is 13.8 Å². The molecule has 22 heavy (non-hydrogen) atoms. The fraction of sp³-hybridized carbons (Fsp3) is 0.167. The van der Waals surface area contributed by atoms with Crippen LogP contribution >= 0.6 is 0 Å². The SMILES string of the molecule is CC.COC(=O)c1cnc2ccc3ccccc3c(=O)c2c1. The molecule has 0 amide bonds. The standard InChI is InChI=1S/C16H11NO3.C2H6/c1-20-16(19)11-8-13-14(17-9-11)7-6-10-4-2-3-5-12(10)15(13)18;1-2/h2-9H,1H3;1-2H3. The molecular weight excluding hydrogens is 278 g/mol. The number of hydrogen-bond acceptors (Lipinski definition) is 4. The molecule has 0 aliphatic heterocycles. The molecule has 0 atom stereocenters. The van der Waals surface area contributed by atoms with Crippen molar-refractivity contribution in [1.29, 1.82) is 0 Å². The molecule has 0 N–H and O–H groups in total. The normalized spacial score (nSPS) is 9.95. The molecule has 4 heteroatoms. The topological polar surface area (TPSA) is 56.3 Å². The Morgan fingerprint density at radius 2 is 1.77 bits per heavy atom. The van der Waals surface area contributed by atoms with Crippen molar-refractivity contribution in [2.24, 2.45) is 0 Å². The van der Waals surface area contributed by atoms with Gasteiger partial charge in [0, 0.05) is 17.0 Å². The van der Waals surface area contributed by atoms with E-state index < -0.39 is 5.97 Å². The lowest BCUT2D eigenvalue weighted by Crippen LogP contribution is -2.05. The summed E-state index contributed by atoms with van der Waals surface area (Å²) >= 11 is 0. The van der Waals surface area contributed by atoms with Gasteiger partial charge in [0.15, 0.2) is 5.43 Å². The van der Waals surface area contributed by atoms with Crippen LogP contribution in [0.15, 0.2) is 53.5 Å². The fourth-order valence-corrected chi connectivity index (χ4v) is 2.18. The van der Waals surface area contributed by atoms with Gasteiger partial charge in [-0.25, -0.2) is 4.79 Å². The van der Waals surface area contributed by atoms with Gasteiger partial charge in [0.2, 0.25) is 0 Å². The summed E-state index contributed by atoms with van der Waals surface area (Å²) in [5.74, 6) is -0.505. The summed E-state index contributed by atoms with van der Waals surface area (Å²) in [5.41, 5.74) is 0.685. The smallest absolute Gasteiger partial charge is 0.339 e. The molecule has 1 aromatic heterocycles. The van der Waals surface area contributed by atoms with E-state index in [-0.39, 0.29) is 11.0 Å². The van der Waals surface area contributed by atoms with Gasteiger partial charge in [-0.2, -0.15) is 0 Å². The molecule has 2 aromatic carbocycles. The lowest BCUT2D eigenvalue weighted by atomic mass is 10.1. The van der Waals surface area contributed by atoms with Crippen LogP contribution in [0, 0.1) is 0 Å². The number of carbonyl (C=O) groups excluding carboxylic acids is 1. The van der Waals surface area contributed by atoms with Crippen LogP contribution in [-0.4, -0.2) is 18.1 Å². The second-order valence-corrected chi connectivity index (χ2v) is 4.40. The summed E-state index contributed by atoms with van der Waals surface area (Å²) in [6.07, 6.45) is 1.41. The highest BCUT2D eigenvalue weighted by Gasteiger charge is 2.09. The van der Waals surface area contributed by atoms with Crippen LogP contribution < -0.4 is 5.43 Å². The summed E-state index contributed by atoms with van der Waals surface area (Å²) in [4.78, 5) is 28.3. The first-order valence-corrected chi connectivity index (χ1v) is 7.11. The van der Waals surface area contributed by atoms with Crippen molar-refractivity contribution in [1.82, 2.24) is 4.98 Å². The fourth-order valence-electron chi connectivity index (χ4n) is 2.18. The Kier molecular flexibility index (Phi) is 4.84. The van der Waals surface area contributed by atoms with E-state index in [0.29, 0.717) is 16.3 Å². The maximum atomic E-state index is 12.6. The van der Waals surface area contributed by atoms with Crippen LogP contribution in [0.2, 0.25) is 0 Å². The number of carbonyl (C=O) groups is 1. The van der Waals surface area contributed by atoms with Crippen molar-refractivity contribution in [2.75, 3.05) is 7.11 Å². The molecule has 0 fully saturated rings. The van der Waals surface area contributed by atoms with Crippen LogP contribution in [0.1, 0.15) is 24.2 Å². The summed E-state index contributed by atoms with van der Waals surface area (Å²) in [5, 5.41) is 1.86. The van der Waals surface area contributed by atoms with Gasteiger partial charge in [0.1, 0.15) is 0 Å². The van der Waals surface area contributed by atoms with E-state index >= 15 is 0 Å². The highest BCUT2D eigenvalue weighted by atomic mass is 16.5. The number of benzene rings is 1. The Morgan fingerprint density at radius 1 is 1.05 bits per heavy atom. The zero-order valence-corrected chi connectivity index (χ0v) is 12.8. The molecule has 0 saturated carbocycles. The van der Waals surface area contributed by atoms with Crippen molar-refractivity contribution < 1.29 is 9.53 Å². The van der Waals surface area contributed by atoms with Crippen molar-refractivity contribution in [3.63, 3.8) is 0 Å². The molecule has 0 radical (unpaired) electrons. The summed E-state index contributed by atoms with van der Waals surface area (Å²) in [6.45, 7) is 4.00.